The van der Waals surface area contributed by atoms with Gasteiger partial charge in [-0.25, -0.2) is 4.39 Å². The van der Waals surface area contributed by atoms with Gasteiger partial charge in [0.25, 0.3) is 0 Å². The third-order valence-corrected chi connectivity index (χ3v) is 6.32. The predicted octanol–water partition coefficient (Wildman–Crippen LogP) is 6.18. The first-order chi connectivity index (χ1) is 17.9. The molecule has 0 aliphatic carbocycles. The summed E-state index contributed by atoms with van der Waals surface area (Å²) in [6.45, 7) is 4.29. The Balaban J connectivity index is 1.77. The summed E-state index contributed by atoms with van der Waals surface area (Å²) >= 11 is 0. The number of unbranched alkanes of at least 4 members (excludes halogenated alkanes) is 2. The lowest BCUT2D eigenvalue weighted by Gasteiger charge is -2.11. The zero-order valence-corrected chi connectivity index (χ0v) is 21.7. The van der Waals surface area contributed by atoms with Crippen LogP contribution in [0.2, 0.25) is 0 Å². The van der Waals surface area contributed by atoms with E-state index in [-0.39, 0.29) is 17.3 Å². The second-order valence-electron chi connectivity index (χ2n) is 8.98. The number of benzene rings is 2. The number of carbonyl (C=O) groups is 4. The minimum Gasteiger partial charge on any atom is -0.494 e. The molecule has 0 amide bonds. The highest BCUT2D eigenvalue weighted by Gasteiger charge is 2.16. The van der Waals surface area contributed by atoms with Gasteiger partial charge in [-0.05, 0) is 73.9 Å². The first kappa shape index (κ1) is 29.9. The van der Waals surface area contributed by atoms with Crippen molar-refractivity contribution in [3.63, 3.8) is 0 Å². The van der Waals surface area contributed by atoms with E-state index in [9.17, 15) is 23.6 Å². The van der Waals surface area contributed by atoms with Crippen LogP contribution in [0.4, 0.5) is 4.39 Å². The van der Waals surface area contributed by atoms with Crippen molar-refractivity contribution in [2.24, 2.45) is 11.8 Å². The molecule has 0 aliphatic heterocycles. The molecule has 0 radical (unpaired) electrons. The quantitative estimate of drug-likeness (QED) is 0.127. The molecule has 2 rings (SSSR count). The number of halogens is 1. The molecule has 2 aromatic carbocycles. The number of rotatable bonds is 19. The van der Waals surface area contributed by atoms with Crippen molar-refractivity contribution in [2.75, 3.05) is 13.2 Å². The molecule has 7 heteroatoms. The number of hydrogen-bond acceptors (Lipinski definition) is 6. The monoisotopic (exact) mass is 512 g/mol. The molecule has 0 saturated carbocycles. The second kappa shape index (κ2) is 16.4. The van der Waals surface area contributed by atoms with Crippen LogP contribution in [0.5, 0.6) is 11.5 Å². The normalized spacial score (nSPS) is 12.4. The molecule has 0 heterocycles. The van der Waals surface area contributed by atoms with Gasteiger partial charge in [0, 0.05) is 12.8 Å². The van der Waals surface area contributed by atoms with Crippen molar-refractivity contribution in [1.82, 2.24) is 0 Å². The highest BCUT2D eigenvalue weighted by molar-refractivity contribution is 5.93. The summed E-state index contributed by atoms with van der Waals surface area (Å²) in [5.41, 5.74) is 1.55. The van der Waals surface area contributed by atoms with Gasteiger partial charge in [0.1, 0.15) is 29.9 Å². The molecule has 0 spiro atoms. The van der Waals surface area contributed by atoms with Gasteiger partial charge in [0.05, 0.1) is 25.0 Å². The van der Waals surface area contributed by atoms with Gasteiger partial charge in [0.15, 0.2) is 11.6 Å². The van der Waals surface area contributed by atoms with Crippen molar-refractivity contribution in [3.05, 3.63) is 48.3 Å². The van der Waals surface area contributed by atoms with Crippen LogP contribution < -0.4 is 9.47 Å². The molecule has 37 heavy (non-hydrogen) atoms. The van der Waals surface area contributed by atoms with Gasteiger partial charge in [0.2, 0.25) is 0 Å². The predicted molar refractivity (Wildman–Crippen MR) is 140 cm³/mol. The Morgan fingerprint density at radius 3 is 1.76 bits per heavy atom. The van der Waals surface area contributed by atoms with Crippen LogP contribution in [0.1, 0.15) is 65.2 Å². The summed E-state index contributed by atoms with van der Waals surface area (Å²) in [7, 11) is 0. The second-order valence-corrected chi connectivity index (χ2v) is 8.98. The van der Waals surface area contributed by atoms with Crippen LogP contribution >= 0.6 is 0 Å². The van der Waals surface area contributed by atoms with E-state index < -0.39 is 17.7 Å². The first-order valence-corrected chi connectivity index (χ1v) is 13.0. The average Bonchev–Trinajstić information content (AvgIpc) is 2.93. The van der Waals surface area contributed by atoms with Crippen molar-refractivity contribution in [3.8, 4) is 22.6 Å². The molecule has 0 saturated heterocycles. The van der Waals surface area contributed by atoms with E-state index >= 15 is 0 Å². The Bertz CT molecular complexity index is 1020. The molecule has 2 atom stereocenters. The lowest BCUT2D eigenvalue weighted by molar-refractivity contribution is -0.128. The maximum absolute atomic E-state index is 14.6. The Labute approximate surface area is 218 Å². The van der Waals surface area contributed by atoms with Gasteiger partial charge in [-0.1, -0.05) is 32.0 Å². The lowest BCUT2D eigenvalue weighted by Crippen LogP contribution is -2.15. The van der Waals surface area contributed by atoms with Crippen molar-refractivity contribution in [2.45, 2.75) is 65.2 Å². The van der Waals surface area contributed by atoms with E-state index in [4.69, 9.17) is 9.47 Å². The van der Waals surface area contributed by atoms with Crippen LogP contribution in [0.15, 0.2) is 42.5 Å². The van der Waals surface area contributed by atoms with E-state index in [1.165, 1.54) is 6.07 Å². The van der Waals surface area contributed by atoms with E-state index in [0.717, 1.165) is 24.7 Å². The van der Waals surface area contributed by atoms with Crippen LogP contribution in [-0.2, 0) is 19.2 Å². The molecular formula is C30H37FO6. The Hall–Kier alpha value is -3.35. The van der Waals surface area contributed by atoms with E-state index in [2.05, 4.69) is 0 Å². The van der Waals surface area contributed by atoms with Gasteiger partial charge in [-0.3, -0.25) is 9.59 Å². The number of Topliss-reactive ketones (excluding diaryl/α,β-unsaturated/α-hetero) is 2. The third kappa shape index (κ3) is 9.90. The van der Waals surface area contributed by atoms with Gasteiger partial charge < -0.3 is 19.1 Å². The summed E-state index contributed by atoms with van der Waals surface area (Å²) < 4.78 is 25.9. The van der Waals surface area contributed by atoms with Crippen LogP contribution in [0.3, 0.4) is 0 Å². The van der Waals surface area contributed by atoms with Crippen molar-refractivity contribution < 1.29 is 33.0 Å². The zero-order valence-electron chi connectivity index (χ0n) is 21.7. The van der Waals surface area contributed by atoms with E-state index in [0.29, 0.717) is 69.3 Å². The average molecular weight is 513 g/mol. The maximum Gasteiger partial charge on any atom is 0.165 e. The Morgan fingerprint density at radius 1 is 0.757 bits per heavy atom. The summed E-state index contributed by atoms with van der Waals surface area (Å²) in [5.74, 6) is -0.747. The van der Waals surface area contributed by atoms with Gasteiger partial charge in [-0.2, -0.15) is 0 Å². The molecule has 0 fully saturated rings. The summed E-state index contributed by atoms with van der Waals surface area (Å²) in [6.07, 6.45) is 5.94. The van der Waals surface area contributed by atoms with Crippen molar-refractivity contribution >= 4 is 24.1 Å². The number of ether oxygens (including phenoxy) is 2. The molecule has 6 nitrogen and oxygen atoms in total. The fourth-order valence-electron chi connectivity index (χ4n) is 3.98. The molecule has 2 unspecified atom stereocenters. The Kier molecular flexibility index (Phi) is 13.2. The minimum atomic E-state index is -0.559. The number of ketones is 2. The Morgan fingerprint density at radius 2 is 1.27 bits per heavy atom. The standard InChI is InChI=1S/C30H37FO6/c1-3-28(34)24(20-32)9-5-7-17-36-26-14-11-22(12-15-26)23-13-16-30(27(31)19-23)37-18-8-6-10-25(21-33)29(35)4-2/h11-16,19-21,24-25H,3-10,17-18H2,1-2H3. The van der Waals surface area contributed by atoms with Crippen molar-refractivity contribution in [1.29, 1.82) is 0 Å². The van der Waals surface area contributed by atoms with E-state index in [1.807, 2.05) is 24.3 Å². The minimum absolute atomic E-state index is 0.0205. The zero-order chi connectivity index (χ0) is 27.0. The highest BCUT2D eigenvalue weighted by atomic mass is 19.1. The molecule has 0 aliphatic rings. The number of aldehydes is 2. The molecule has 200 valence electrons. The van der Waals surface area contributed by atoms with Gasteiger partial charge >= 0.3 is 0 Å². The molecule has 0 bridgehead atoms. The molecule has 0 aromatic heterocycles. The smallest absolute Gasteiger partial charge is 0.165 e. The molecule has 0 N–H and O–H groups in total. The third-order valence-electron chi connectivity index (χ3n) is 6.32. The number of carbonyl (C=O) groups excluding carboxylic acids is 4. The van der Waals surface area contributed by atoms with Crippen LogP contribution in [0, 0.1) is 17.7 Å². The summed E-state index contributed by atoms with van der Waals surface area (Å²) in [5, 5.41) is 0. The summed E-state index contributed by atoms with van der Waals surface area (Å²) in [4.78, 5) is 45.3. The fraction of sp³-hybridized carbons (Fsp3) is 0.467. The van der Waals surface area contributed by atoms with E-state index in [1.54, 1.807) is 26.0 Å². The molecular weight excluding hydrogens is 475 g/mol. The largest absolute Gasteiger partial charge is 0.494 e. The van der Waals surface area contributed by atoms with Crippen LogP contribution in [0.25, 0.3) is 11.1 Å². The number of hydrogen-bond donors (Lipinski definition) is 0. The fourth-order valence-corrected chi connectivity index (χ4v) is 3.98. The first-order valence-electron chi connectivity index (χ1n) is 13.0. The molecule has 2 aromatic rings. The maximum atomic E-state index is 14.6. The lowest BCUT2D eigenvalue weighted by atomic mass is 9.97. The SMILES string of the molecule is CCC(=O)C(C=O)CCCCOc1ccc(-c2ccc(OCCCCC(C=O)C(=O)CC)c(F)c2)cc1. The summed E-state index contributed by atoms with van der Waals surface area (Å²) in [6, 6.07) is 12.2. The van der Waals surface area contributed by atoms with Crippen LogP contribution in [-0.4, -0.2) is 37.4 Å². The topological polar surface area (TPSA) is 86.7 Å². The highest BCUT2D eigenvalue weighted by Crippen LogP contribution is 2.27. The van der Waals surface area contributed by atoms with Gasteiger partial charge in [-0.15, -0.1) is 0 Å².